The monoisotopic (exact) mass is 340 g/mol. The Labute approximate surface area is 145 Å². The number of nitriles is 1. The summed E-state index contributed by atoms with van der Waals surface area (Å²) in [4.78, 5) is 15.7. The van der Waals surface area contributed by atoms with Gasteiger partial charge in [0.1, 0.15) is 11.6 Å². The molecule has 1 aromatic heterocycles. The average Bonchev–Trinajstić information content (AvgIpc) is 3.03. The minimum atomic E-state index is -0.750. The maximum Gasteiger partial charge on any atom is 0.261 e. The number of amides is 1. The topological polar surface area (TPSA) is 91.8 Å². The lowest BCUT2D eigenvalue weighted by atomic mass is 9.97. The zero-order chi connectivity index (χ0) is 17.7. The maximum atomic E-state index is 11.2. The van der Waals surface area contributed by atoms with Gasteiger partial charge in [0.2, 0.25) is 0 Å². The van der Waals surface area contributed by atoms with Gasteiger partial charge in [0.05, 0.1) is 5.69 Å². The Morgan fingerprint density at radius 2 is 2.08 bits per heavy atom. The molecule has 1 aromatic carbocycles. The normalized spacial score (nSPS) is 12.9. The third-order valence-corrected chi connectivity index (χ3v) is 4.68. The van der Waals surface area contributed by atoms with Crippen molar-refractivity contribution in [2.24, 2.45) is 5.73 Å². The van der Waals surface area contributed by atoms with Crippen LogP contribution in [0.4, 0.5) is 5.13 Å². The minimum Gasteiger partial charge on any atom is -0.365 e. The van der Waals surface area contributed by atoms with Crippen LogP contribution >= 0.6 is 11.3 Å². The van der Waals surface area contributed by atoms with Crippen LogP contribution in [-0.4, -0.2) is 10.9 Å². The van der Waals surface area contributed by atoms with Gasteiger partial charge in [0.25, 0.3) is 5.91 Å². The lowest BCUT2D eigenvalue weighted by Gasteiger charge is -2.09. The van der Waals surface area contributed by atoms with Gasteiger partial charge in [0, 0.05) is 16.6 Å². The van der Waals surface area contributed by atoms with E-state index in [1.807, 2.05) is 5.38 Å². The van der Waals surface area contributed by atoms with Crippen molar-refractivity contribution in [3.05, 3.63) is 46.5 Å². The van der Waals surface area contributed by atoms with Crippen molar-refractivity contribution < 1.29 is 4.79 Å². The highest BCUT2D eigenvalue weighted by Crippen LogP contribution is 2.28. The molecule has 1 heterocycles. The van der Waals surface area contributed by atoms with E-state index in [9.17, 15) is 4.79 Å². The Morgan fingerprint density at radius 1 is 1.42 bits per heavy atom. The summed E-state index contributed by atoms with van der Waals surface area (Å²) >= 11 is 1.41. The Bertz CT molecular complexity index is 799. The van der Waals surface area contributed by atoms with E-state index in [1.54, 1.807) is 13.0 Å². The molecule has 3 N–H and O–H groups in total. The molecule has 124 valence electrons. The van der Waals surface area contributed by atoms with Gasteiger partial charge in [-0.25, -0.2) is 4.98 Å². The first-order chi connectivity index (χ1) is 11.5. The van der Waals surface area contributed by atoms with Gasteiger partial charge in [-0.2, -0.15) is 5.26 Å². The lowest BCUT2D eigenvalue weighted by Crippen LogP contribution is -2.16. The fourth-order valence-electron chi connectivity index (χ4n) is 2.23. The van der Waals surface area contributed by atoms with Crippen LogP contribution < -0.4 is 11.1 Å². The quantitative estimate of drug-likeness (QED) is 0.613. The molecule has 2 aromatic rings. The van der Waals surface area contributed by atoms with E-state index < -0.39 is 5.91 Å². The molecule has 0 fully saturated rings. The average molecular weight is 340 g/mol. The van der Waals surface area contributed by atoms with Crippen LogP contribution in [0, 0.1) is 11.3 Å². The molecule has 0 radical (unpaired) electrons. The molecule has 2 rings (SSSR count). The van der Waals surface area contributed by atoms with Crippen LogP contribution in [0.15, 0.2) is 40.9 Å². The largest absolute Gasteiger partial charge is 0.365 e. The van der Waals surface area contributed by atoms with Gasteiger partial charge in [-0.1, -0.05) is 38.1 Å². The number of allylic oxidation sites excluding steroid dienone is 1. The van der Waals surface area contributed by atoms with Crippen molar-refractivity contribution in [1.29, 1.82) is 5.26 Å². The number of rotatable bonds is 6. The summed E-state index contributed by atoms with van der Waals surface area (Å²) < 4.78 is 0. The number of hydrogen-bond acceptors (Lipinski definition) is 5. The van der Waals surface area contributed by atoms with E-state index in [-0.39, 0.29) is 5.57 Å². The van der Waals surface area contributed by atoms with E-state index >= 15 is 0 Å². The van der Waals surface area contributed by atoms with Crippen LogP contribution in [-0.2, 0) is 4.79 Å². The zero-order valence-electron chi connectivity index (χ0n) is 14.0. The summed E-state index contributed by atoms with van der Waals surface area (Å²) in [6, 6.07) is 10.2. The molecule has 0 spiro atoms. The third-order valence-electron chi connectivity index (χ3n) is 3.92. The number of nitrogens with zero attached hydrogens (tertiary/aromatic N) is 2. The molecule has 0 bridgehead atoms. The van der Waals surface area contributed by atoms with Gasteiger partial charge in [-0.3, -0.25) is 4.79 Å². The predicted molar refractivity (Wildman–Crippen MR) is 97.4 cm³/mol. The van der Waals surface area contributed by atoms with E-state index in [2.05, 4.69) is 48.4 Å². The SMILES string of the molecule is CC[C@@H](C)c1ccc(-c2csc(N/C(C)=C(\C#N)C(N)=O)n2)cc1. The van der Waals surface area contributed by atoms with Gasteiger partial charge in [-0.05, 0) is 24.8 Å². The minimum absolute atomic E-state index is 0.0929. The van der Waals surface area contributed by atoms with E-state index in [1.165, 1.54) is 16.9 Å². The number of carbonyl (C=O) groups excluding carboxylic acids is 1. The molecule has 24 heavy (non-hydrogen) atoms. The first-order valence-corrected chi connectivity index (χ1v) is 8.57. The number of nitrogens with two attached hydrogens (primary N) is 1. The van der Waals surface area contributed by atoms with Gasteiger partial charge in [0.15, 0.2) is 5.13 Å². The van der Waals surface area contributed by atoms with Crippen molar-refractivity contribution in [3.8, 4) is 17.3 Å². The second kappa shape index (κ2) is 7.75. The van der Waals surface area contributed by atoms with Crippen molar-refractivity contribution in [2.75, 3.05) is 5.32 Å². The molecule has 0 saturated heterocycles. The standard InChI is InChI=1S/C18H20N4OS/c1-4-11(2)13-5-7-14(8-6-13)16-10-24-18(22-16)21-12(3)15(9-19)17(20)23/h5-8,10-11H,4H2,1-3H3,(H2,20,23)(H,21,22)/b15-12+/t11-/m1/s1. The zero-order valence-corrected chi connectivity index (χ0v) is 14.8. The van der Waals surface area contributed by atoms with Gasteiger partial charge < -0.3 is 11.1 Å². The molecular weight excluding hydrogens is 320 g/mol. The van der Waals surface area contributed by atoms with Crippen molar-refractivity contribution in [1.82, 2.24) is 4.98 Å². The molecule has 1 amide bonds. The fraction of sp³-hybridized carbons (Fsp3) is 0.278. The summed E-state index contributed by atoms with van der Waals surface area (Å²) in [5, 5.41) is 14.5. The van der Waals surface area contributed by atoms with Crippen LogP contribution in [0.5, 0.6) is 0 Å². The second-order valence-corrected chi connectivity index (χ2v) is 6.43. The number of benzene rings is 1. The summed E-state index contributed by atoms with van der Waals surface area (Å²) in [5.41, 5.74) is 8.67. The summed E-state index contributed by atoms with van der Waals surface area (Å²) in [6.45, 7) is 6.01. The van der Waals surface area contributed by atoms with E-state index in [0.29, 0.717) is 16.7 Å². The number of nitrogens with one attached hydrogen (secondary N) is 1. The van der Waals surface area contributed by atoms with Crippen LogP contribution in [0.2, 0.25) is 0 Å². The number of thiazole rings is 1. The second-order valence-electron chi connectivity index (χ2n) is 5.57. The van der Waals surface area contributed by atoms with Crippen molar-refractivity contribution >= 4 is 22.4 Å². The van der Waals surface area contributed by atoms with Gasteiger partial charge in [-0.15, -0.1) is 11.3 Å². The first-order valence-electron chi connectivity index (χ1n) is 7.69. The Kier molecular flexibility index (Phi) is 5.72. The fourth-order valence-corrected chi connectivity index (χ4v) is 3.00. The highest BCUT2D eigenvalue weighted by molar-refractivity contribution is 7.14. The number of carbonyl (C=O) groups is 1. The molecular formula is C18H20N4OS. The third kappa shape index (κ3) is 4.00. The molecule has 5 nitrogen and oxygen atoms in total. The van der Waals surface area contributed by atoms with Crippen LogP contribution in [0.3, 0.4) is 0 Å². The van der Waals surface area contributed by atoms with Crippen LogP contribution in [0.25, 0.3) is 11.3 Å². The van der Waals surface area contributed by atoms with E-state index in [4.69, 9.17) is 11.0 Å². The Balaban J connectivity index is 2.19. The Hall–Kier alpha value is -2.65. The number of aromatic nitrogens is 1. The molecule has 0 unspecified atom stereocenters. The molecule has 0 aliphatic heterocycles. The Morgan fingerprint density at radius 3 is 2.62 bits per heavy atom. The smallest absolute Gasteiger partial charge is 0.261 e. The number of primary amides is 1. The number of hydrogen-bond donors (Lipinski definition) is 2. The summed E-state index contributed by atoms with van der Waals surface area (Å²) in [7, 11) is 0. The van der Waals surface area contributed by atoms with Crippen molar-refractivity contribution in [2.45, 2.75) is 33.1 Å². The highest BCUT2D eigenvalue weighted by Gasteiger charge is 2.11. The first kappa shape index (κ1) is 17.7. The van der Waals surface area contributed by atoms with Crippen molar-refractivity contribution in [3.63, 3.8) is 0 Å². The number of anilines is 1. The molecule has 1 atom stereocenters. The summed E-state index contributed by atoms with van der Waals surface area (Å²) in [6.07, 6.45) is 1.11. The summed E-state index contributed by atoms with van der Waals surface area (Å²) in [5.74, 6) is -0.211. The van der Waals surface area contributed by atoms with Crippen LogP contribution in [0.1, 0.15) is 38.7 Å². The highest BCUT2D eigenvalue weighted by atomic mass is 32.1. The van der Waals surface area contributed by atoms with Gasteiger partial charge >= 0.3 is 0 Å². The molecule has 6 heteroatoms. The maximum absolute atomic E-state index is 11.2. The predicted octanol–water partition coefficient (Wildman–Crippen LogP) is 4.02. The van der Waals surface area contributed by atoms with E-state index in [0.717, 1.165) is 17.7 Å². The molecule has 0 aliphatic carbocycles. The molecule has 0 saturated carbocycles. The molecule has 0 aliphatic rings. The lowest BCUT2D eigenvalue weighted by molar-refractivity contribution is -0.114.